The first-order valence-corrected chi connectivity index (χ1v) is 13.5. The third-order valence-electron chi connectivity index (χ3n) is 7.78. The summed E-state index contributed by atoms with van der Waals surface area (Å²) in [6.07, 6.45) is 3.84. The lowest BCUT2D eigenvalue weighted by atomic mass is 9.96. The second-order valence-corrected chi connectivity index (χ2v) is 11.0. The summed E-state index contributed by atoms with van der Waals surface area (Å²) in [7, 11) is 0. The molecule has 188 valence electrons. The molecule has 2 fully saturated rings. The number of hydrogen-bond acceptors (Lipinski definition) is 4. The fraction of sp³-hybridized carbons (Fsp3) is 0.300. The van der Waals surface area contributed by atoms with E-state index in [1.54, 1.807) is 12.1 Å². The molecule has 2 bridgehead atoms. The number of amides is 1. The van der Waals surface area contributed by atoms with Gasteiger partial charge in [-0.25, -0.2) is 9.97 Å². The number of rotatable bonds is 4. The first-order valence-electron chi connectivity index (χ1n) is 12.8. The molecule has 3 aromatic carbocycles. The van der Waals surface area contributed by atoms with E-state index in [0.717, 1.165) is 64.0 Å². The summed E-state index contributed by atoms with van der Waals surface area (Å²) in [6, 6.07) is 20.2. The first kappa shape index (κ1) is 24.2. The predicted octanol–water partition coefficient (Wildman–Crippen LogP) is 7.47. The van der Waals surface area contributed by atoms with Crippen molar-refractivity contribution in [1.82, 2.24) is 14.9 Å². The number of nitrogens with one attached hydrogen (secondary N) is 1. The highest BCUT2D eigenvalue weighted by Gasteiger charge is 2.43. The summed E-state index contributed by atoms with van der Waals surface area (Å²) in [5, 5.41) is 6.02. The van der Waals surface area contributed by atoms with Crippen LogP contribution in [0.4, 0.5) is 5.95 Å². The zero-order valence-corrected chi connectivity index (χ0v) is 22.4. The Hall–Kier alpha value is -3.15. The highest BCUT2D eigenvalue weighted by molar-refractivity contribution is 6.34. The van der Waals surface area contributed by atoms with E-state index in [4.69, 9.17) is 33.2 Å². The molecule has 1 N–H and O–H groups in total. The van der Waals surface area contributed by atoms with E-state index < -0.39 is 0 Å². The van der Waals surface area contributed by atoms with Crippen molar-refractivity contribution in [2.24, 2.45) is 0 Å². The zero-order chi connectivity index (χ0) is 25.7. The van der Waals surface area contributed by atoms with Gasteiger partial charge in [0, 0.05) is 39.7 Å². The van der Waals surface area contributed by atoms with E-state index >= 15 is 0 Å². The van der Waals surface area contributed by atoms with Crippen molar-refractivity contribution in [3.63, 3.8) is 0 Å². The Kier molecular flexibility index (Phi) is 6.29. The van der Waals surface area contributed by atoms with Gasteiger partial charge in [0.25, 0.3) is 5.91 Å². The second kappa shape index (κ2) is 9.62. The maximum Gasteiger partial charge on any atom is 0.254 e. The summed E-state index contributed by atoms with van der Waals surface area (Å²) >= 11 is 12.6. The van der Waals surface area contributed by atoms with Gasteiger partial charge in [-0.15, -0.1) is 0 Å². The summed E-state index contributed by atoms with van der Waals surface area (Å²) in [5.74, 6) is 0.748. The van der Waals surface area contributed by atoms with Gasteiger partial charge in [0.05, 0.1) is 16.2 Å². The van der Waals surface area contributed by atoms with Crippen molar-refractivity contribution < 1.29 is 4.79 Å². The highest BCUT2D eigenvalue weighted by atomic mass is 35.5. The molecular weight excluding hydrogens is 503 g/mol. The summed E-state index contributed by atoms with van der Waals surface area (Å²) < 4.78 is 0. The molecule has 3 heterocycles. The van der Waals surface area contributed by atoms with E-state index in [1.807, 2.05) is 50.2 Å². The molecule has 3 atom stereocenters. The van der Waals surface area contributed by atoms with Crippen molar-refractivity contribution in [3.8, 4) is 11.1 Å². The maximum atomic E-state index is 13.2. The highest BCUT2D eigenvalue weighted by Crippen LogP contribution is 2.38. The maximum absolute atomic E-state index is 13.2. The number of anilines is 1. The third-order valence-corrected chi connectivity index (χ3v) is 8.53. The van der Waals surface area contributed by atoms with Crippen molar-refractivity contribution in [1.29, 1.82) is 0 Å². The fourth-order valence-electron chi connectivity index (χ4n) is 5.93. The van der Waals surface area contributed by atoms with Crippen LogP contribution in [0.3, 0.4) is 0 Å². The Bertz CT molecular complexity index is 1490. The first-order chi connectivity index (χ1) is 17.9. The van der Waals surface area contributed by atoms with Gasteiger partial charge < -0.3 is 10.2 Å². The summed E-state index contributed by atoms with van der Waals surface area (Å²) in [6.45, 7) is 4.04. The standard InChI is InChI=1S/C30H28Cl2N4O/c1-17-4-3-5-25(28(17)32)20-8-13-27-26(14-20)18(2)33-30(35-27)34-22-15-23-11-12-24(16-22)36(23)29(37)19-6-9-21(31)10-7-19/h3-10,13-14,22-24H,11-12,15-16H2,1-2H3,(H,33,34,35)/t22?,23-,24+. The lowest BCUT2D eigenvalue weighted by Crippen LogP contribution is -2.49. The molecule has 0 aliphatic carbocycles. The molecule has 0 saturated carbocycles. The van der Waals surface area contributed by atoms with E-state index in [1.165, 1.54) is 0 Å². The van der Waals surface area contributed by atoms with Crippen molar-refractivity contribution >= 4 is 46.0 Å². The summed E-state index contributed by atoms with van der Waals surface area (Å²) in [5.41, 5.74) is 5.66. The van der Waals surface area contributed by atoms with E-state index in [2.05, 4.69) is 22.3 Å². The smallest absolute Gasteiger partial charge is 0.254 e. The lowest BCUT2D eigenvalue weighted by Gasteiger charge is -2.39. The quantitative estimate of drug-likeness (QED) is 0.297. The Balaban J connectivity index is 1.20. The number of piperidine rings is 1. The zero-order valence-electron chi connectivity index (χ0n) is 20.8. The number of halogens is 2. The van der Waals surface area contributed by atoms with Crippen LogP contribution in [0.2, 0.25) is 10.0 Å². The minimum atomic E-state index is 0.102. The molecule has 0 radical (unpaired) electrons. The number of hydrogen-bond donors (Lipinski definition) is 1. The van der Waals surface area contributed by atoms with Gasteiger partial charge in [0.1, 0.15) is 0 Å². The van der Waals surface area contributed by atoms with Crippen molar-refractivity contribution in [3.05, 3.63) is 87.5 Å². The van der Waals surface area contributed by atoms with Crippen LogP contribution >= 0.6 is 23.2 Å². The Morgan fingerprint density at radius 2 is 1.68 bits per heavy atom. The number of benzene rings is 3. The van der Waals surface area contributed by atoms with Gasteiger partial charge in [-0.1, -0.05) is 47.5 Å². The van der Waals surface area contributed by atoms with Crippen LogP contribution in [-0.4, -0.2) is 38.9 Å². The van der Waals surface area contributed by atoms with Crippen LogP contribution in [0.5, 0.6) is 0 Å². The van der Waals surface area contributed by atoms with Gasteiger partial charge in [-0.2, -0.15) is 0 Å². The van der Waals surface area contributed by atoms with Crippen molar-refractivity contribution in [2.45, 2.75) is 57.7 Å². The second-order valence-electron chi connectivity index (χ2n) is 10.2. The monoisotopic (exact) mass is 530 g/mol. The number of aromatic nitrogens is 2. The molecule has 2 aliphatic heterocycles. The van der Waals surface area contributed by atoms with Gasteiger partial charge in [0.15, 0.2) is 0 Å². The molecule has 4 aromatic rings. The Labute approximate surface area is 226 Å². The molecule has 2 saturated heterocycles. The largest absolute Gasteiger partial charge is 0.351 e. The topological polar surface area (TPSA) is 58.1 Å². The number of aryl methyl sites for hydroxylation is 2. The number of fused-ring (bicyclic) bond motifs is 3. The van der Waals surface area contributed by atoms with Crippen LogP contribution in [-0.2, 0) is 0 Å². The average molecular weight is 531 g/mol. The molecule has 1 aromatic heterocycles. The van der Waals surface area contributed by atoms with Gasteiger partial charge in [-0.05, 0) is 87.1 Å². The van der Waals surface area contributed by atoms with Crippen LogP contribution in [0.25, 0.3) is 22.0 Å². The molecular formula is C30H28Cl2N4O. The molecule has 5 nitrogen and oxygen atoms in total. The fourth-order valence-corrected chi connectivity index (χ4v) is 6.30. The number of carbonyl (C=O) groups excluding carboxylic acids is 1. The van der Waals surface area contributed by atoms with E-state index in [0.29, 0.717) is 16.5 Å². The van der Waals surface area contributed by atoms with Crippen LogP contribution in [0, 0.1) is 13.8 Å². The minimum absolute atomic E-state index is 0.102. The molecule has 2 aliphatic rings. The molecule has 0 spiro atoms. The predicted molar refractivity (Wildman–Crippen MR) is 151 cm³/mol. The summed E-state index contributed by atoms with van der Waals surface area (Å²) in [4.78, 5) is 25.0. The molecule has 1 unspecified atom stereocenters. The van der Waals surface area contributed by atoms with Crippen LogP contribution in [0.1, 0.15) is 47.3 Å². The normalized spacial score (nSPS) is 20.9. The van der Waals surface area contributed by atoms with E-state index in [-0.39, 0.29) is 24.0 Å². The molecule has 37 heavy (non-hydrogen) atoms. The van der Waals surface area contributed by atoms with Crippen molar-refractivity contribution in [2.75, 3.05) is 5.32 Å². The Morgan fingerprint density at radius 1 is 0.946 bits per heavy atom. The SMILES string of the molecule is Cc1cccc(-c2ccc3nc(NC4C[C@H]5CC[C@@H](C4)N5C(=O)c4ccc(Cl)cc4)nc(C)c3c2)c1Cl. The van der Waals surface area contributed by atoms with E-state index in [9.17, 15) is 4.79 Å². The Morgan fingerprint density at radius 3 is 2.41 bits per heavy atom. The molecule has 6 rings (SSSR count). The number of nitrogens with zero attached hydrogens (tertiary/aromatic N) is 3. The van der Waals surface area contributed by atoms with Crippen LogP contribution < -0.4 is 5.32 Å². The van der Waals surface area contributed by atoms with Gasteiger partial charge >= 0.3 is 0 Å². The molecule has 7 heteroatoms. The minimum Gasteiger partial charge on any atom is -0.351 e. The average Bonchev–Trinajstić information content (AvgIpc) is 3.15. The van der Waals surface area contributed by atoms with Gasteiger partial charge in [-0.3, -0.25) is 4.79 Å². The number of carbonyl (C=O) groups is 1. The lowest BCUT2D eigenvalue weighted by molar-refractivity contribution is 0.0583. The molecule has 1 amide bonds. The van der Waals surface area contributed by atoms with Crippen LogP contribution in [0.15, 0.2) is 60.7 Å². The third kappa shape index (κ3) is 4.55. The van der Waals surface area contributed by atoms with Gasteiger partial charge in [0.2, 0.25) is 5.95 Å².